The number of benzene rings is 2. The summed E-state index contributed by atoms with van der Waals surface area (Å²) in [7, 11) is -3.85. The van der Waals surface area contributed by atoms with Crippen LogP contribution in [0.25, 0.3) is 11.0 Å². The summed E-state index contributed by atoms with van der Waals surface area (Å²) in [5.74, 6) is 0.155. The zero-order chi connectivity index (χ0) is 23.9. The van der Waals surface area contributed by atoms with E-state index >= 15 is 0 Å². The summed E-state index contributed by atoms with van der Waals surface area (Å²) in [6, 6.07) is 8.64. The maximum Gasteiger partial charge on any atom is 0.339 e. The highest BCUT2D eigenvalue weighted by atomic mass is 32.2. The van der Waals surface area contributed by atoms with E-state index in [-0.39, 0.29) is 22.0 Å². The van der Waals surface area contributed by atoms with Gasteiger partial charge in [-0.05, 0) is 61.9 Å². The maximum absolute atomic E-state index is 13.1. The van der Waals surface area contributed by atoms with Gasteiger partial charge in [-0.15, -0.1) is 0 Å². The average molecular weight is 485 g/mol. The van der Waals surface area contributed by atoms with Crippen molar-refractivity contribution in [3.05, 3.63) is 68.1 Å². The van der Waals surface area contributed by atoms with E-state index in [0.717, 1.165) is 55.5 Å². The highest BCUT2D eigenvalue weighted by Crippen LogP contribution is 2.36. The Bertz CT molecular complexity index is 1440. The van der Waals surface area contributed by atoms with Crippen LogP contribution in [0.5, 0.6) is 11.5 Å². The fraction of sp³-hybridized carbons (Fsp3) is 0.375. The molecule has 1 fully saturated rings. The second-order valence-electron chi connectivity index (χ2n) is 8.67. The van der Waals surface area contributed by atoms with E-state index in [4.69, 9.17) is 9.15 Å². The highest BCUT2D eigenvalue weighted by molar-refractivity contribution is 7.89. The van der Waals surface area contributed by atoms with Gasteiger partial charge in [0.05, 0.1) is 9.82 Å². The first-order valence-corrected chi connectivity index (χ1v) is 12.8. The van der Waals surface area contributed by atoms with Crippen molar-refractivity contribution in [2.75, 3.05) is 13.1 Å². The molecule has 2 heterocycles. The number of hydrogen-bond donors (Lipinski definition) is 0. The molecular formula is C24H24N2O7S. The Labute approximate surface area is 196 Å². The average Bonchev–Trinajstić information content (AvgIpc) is 3.14. The first kappa shape index (κ1) is 22.5. The van der Waals surface area contributed by atoms with Crippen LogP contribution < -0.4 is 10.4 Å². The van der Waals surface area contributed by atoms with Crippen LogP contribution >= 0.6 is 0 Å². The molecule has 1 aromatic heterocycles. The van der Waals surface area contributed by atoms with Crippen molar-refractivity contribution >= 4 is 26.7 Å². The van der Waals surface area contributed by atoms with Gasteiger partial charge in [-0.3, -0.25) is 10.1 Å². The van der Waals surface area contributed by atoms with Gasteiger partial charge in [0.1, 0.15) is 11.3 Å². The van der Waals surface area contributed by atoms with Crippen LogP contribution in [-0.2, 0) is 22.9 Å². The van der Waals surface area contributed by atoms with Crippen LogP contribution in [0.1, 0.15) is 43.2 Å². The Hall–Kier alpha value is -3.24. The molecule has 2 aromatic carbocycles. The molecule has 9 nitrogen and oxygen atoms in total. The lowest BCUT2D eigenvalue weighted by Crippen LogP contribution is -2.31. The van der Waals surface area contributed by atoms with Crippen LogP contribution in [0.2, 0.25) is 0 Å². The van der Waals surface area contributed by atoms with E-state index in [1.807, 2.05) is 0 Å². The Morgan fingerprint density at radius 2 is 1.68 bits per heavy atom. The first-order chi connectivity index (χ1) is 16.3. The lowest BCUT2D eigenvalue weighted by Gasteiger charge is -2.20. The van der Waals surface area contributed by atoms with Gasteiger partial charge in [-0.2, -0.15) is 4.31 Å². The zero-order valence-corrected chi connectivity index (χ0v) is 19.3. The van der Waals surface area contributed by atoms with Gasteiger partial charge in [0, 0.05) is 36.2 Å². The molecule has 178 valence electrons. The van der Waals surface area contributed by atoms with Crippen molar-refractivity contribution in [3.63, 3.8) is 0 Å². The number of aryl methyl sites for hydroxylation is 1. The van der Waals surface area contributed by atoms with Crippen molar-refractivity contribution in [1.29, 1.82) is 0 Å². The number of hydrogen-bond acceptors (Lipinski definition) is 7. The predicted molar refractivity (Wildman–Crippen MR) is 125 cm³/mol. The van der Waals surface area contributed by atoms with Crippen molar-refractivity contribution in [3.8, 4) is 11.5 Å². The molecular weight excluding hydrogens is 460 g/mol. The predicted octanol–water partition coefficient (Wildman–Crippen LogP) is 4.55. The number of ether oxygens (including phenoxy) is 1. The van der Waals surface area contributed by atoms with E-state index in [0.29, 0.717) is 30.7 Å². The fourth-order valence-corrected chi connectivity index (χ4v) is 6.31. The number of rotatable bonds is 5. The first-order valence-electron chi connectivity index (χ1n) is 11.4. The zero-order valence-electron chi connectivity index (χ0n) is 18.5. The standard InChI is InChI=1S/C24H24N2O7S/c27-24-20-7-5-6-18(20)19-10-8-16(14-23(19)33-24)32-22-11-9-17(15-21(22)26(28)29)34(30,31)25-12-3-1-2-4-13-25/h8-11,14-15H,1-7,12-13H2. The summed E-state index contributed by atoms with van der Waals surface area (Å²) in [5.41, 5.74) is 1.22. The van der Waals surface area contributed by atoms with Crippen LogP contribution in [0.4, 0.5) is 5.69 Å². The molecule has 0 spiro atoms. The molecule has 34 heavy (non-hydrogen) atoms. The summed E-state index contributed by atoms with van der Waals surface area (Å²) in [5, 5.41) is 12.6. The van der Waals surface area contributed by atoms with Gasteiger partial charge in [0.2, 0.25) is 15.8 Å². The molecule has 1 saturated heterocycles. The second-order valence-corrected chi connectivity index (χ2v) is 10.6. The van der Waals surface area contributed by atoms with Gasteiger partial charge in [0.25, 0.3) is 0 Å². The smallest absolute Gasteiger partial charge is 0.339 e. The fourth-order valence-electron chi connectivity index (χ4n) is 4.77. The van der Waals surface area contributed by atoms with E-state index in [2.05, 4.69) is 0 Å². The van der Waals surface area contributed by atoms with Crippen LogP contribution in [0.15, 0.2) is 50.5 Å². The lowest BCUT2D eigenvalue weighted by atomic mass is 10.1. The molecule has 0 unspecified atom stereocenters. The molecule has 1 aliphatic heterocycles. The molecule has 0 saturated carbocycles. The largest absolute Gasteiger partial charge is 0.450 e. The van der Waals surface area contributed by atoms with Crippen LogP contribution in [0, 0.1) is 10.1 Å². The van der Waals surface area contributed by atoms with E-state index in [1.165, 1.54) is 22.5 Å². The topological polar surface area (TPSA) is 120 Å². The summed E-state index contributed by atoms with van der Waals surface area (Å²) >= 11 is 0. The Kier molecular flexibility index (Phi) is 5.86. The molecule has 5 rings (SSSR count). The summed E-state index contributed by atoms with van der Waals surface area (Å²) < 4.78 is 38.8. The molecule has 0 amide bonds. The van der Waals surface area contributed by atoms with Crippen LogP contribution in [-0.4, -0.2) is 30.7 Å². The quantitative estimate of drug-likeness (QED) is 0.296. The molecule has 0 N–H and O–H groups in total. The summed E-state index contributed by atoms with van der Waals surface area (Å²) in [4.78, 5) is 23.2. The van der Waals surface area contributed by atoms with E-state index in [9.17, 15) is 23.3 Å². The minimum absolute atomic E-state index is 0.0947. The van der Waals surface area contributed by atoms with Gasteiger partial charge in [-0.1, -0.05) is 12.8 Å². The molecule has 10 heteroatoms. The SMILES string of the molecule is O=c1oc2cc(Oc3ccc(S(=O)(=O)N4CCCCCC4)cc3[N+](=O)[O-])ccc2c2c1CCC2. The minimum Gasteiger partial charge on any atom is -0.450 e. The number of nitrogens with zero attached hydrogens (tertiary/aromatic N) is 2. The molecule has 0 atom stereocenters. The Balaban J connectivity index is 1.48. The number of nitro benzene ring substituents is 1. The second kappa shape index (κ2) is 8.84. The summed E-state index contributed by atoms with van der Waals surface area (Å²) in [6.07, 6.45) is 5.87. The molecule has 3 aromatic rings. The van der Waals surface area contributed by atoms with Gasteiger partial charge in [0.15, 0.2) is 0 Å². The van der Waals surface area contributed by atoms with Gasteiger partial charge in [-0.25, -0.2) is 13.2 Å². The van der Waals surface area contributed by atoms with Gasteiger partial charge < -0.3 is 9.15 Å². The molecule has 2 aliphatic rings. The minimum atomic E-state index is -3.85. The van der Waals surface area contributed by atoms with E-state index in [1.54, 1.807) is 12.1 Å². The monoisotopic (exact) mass is 484 g/mol. The Morgan fingerprint density at radius 1 is 0.941 bits per heavy atom. The lowest BCUT2D eigenvalue weighted by molar-refractivity contribution is -0.385. The van der Waals surface area contributed by atoms with Crippen molar-refractivity contribution in [2.24, 2.45) is 0 Å². The third-order valence-corrected chi connectivity index (χ3v) is 8.40. The normalized spacial score (nSPS) is 16.8. The van der Waals surface area contributed by atoms with Crippen LogP contribution in [0.3, 0.4) is 0 Å². The Morgan fingerprint density at radius 3 is 2.41 bits per heavy atom. The molecule has 0 radical (unpaired) electrons. The van der Waals surface area contributed by atoms with Crippen molar-refractivity contribution in [2.45, 2.75) is 49.8 Å². The van der Waals surface area contributed by atoms with E-state index < -0.39 is 20.6 Å². The number of fused-ring (bicyclic) bond motifs is 3. The molecule has 0 bridgehead atoms. The third kappa shape index (κ3) is 4.07. The summed E-state index contributed by atoms with van der Waals surface area (Å²) in [6.45, 7) is 0.806. The third-order valence-electron chi connectivity index (χ3n) is 6.50. The van der Waals surface area contributed by atoms with Gasteiger partial charge >= 0.3 is 11.3 Å². The number of nitro groups is 1. The number of sulfonamides is 1. The van der Waals surface area contributed by atoms with Crippen molar-refractivity contribution in [1.82, 2.24) is 4.31 Å². The molecule has 1 aliphatic carbocycles. The maximum atomic E-state index is 13.1. The highest BCUT2D eigenvalue weighted by Gasteiger charge is 2.29. The van der Waals surface area contributed by atoms with Crippen molar-refractivity contribution < 1.29 is 22.5 Å².